The third-order valence-electron chi connectivity index (χ3n) is 5.13. The van der Waals surface area contributed by atoms with Crippen molar-refractivity contribution in [1.29, 1.82) is 0 Å². The molecule has 1 fully saturated rings. The van der Waals surface area contributed by atoms with E-state index in [-0.39, 0.29) is 22.4 Å². The Labute approximate surface area is 119 Å². The quantitative estimate of drug-likeness (QED) is 0.893. The van der Waals surface area contributed by atoms with Gasteiger partial charge in [-0.2, -0.15) is 0 Å². The molecule has 0 aliphatic heterocycles. The Balaban J connectivity index is 2.00. The Morgan fingerprint density at radius 1 is 1.40 bits per heavy atom. The molecule has 1 aliphatic rings. The molecule has 0 saturated heterocycles. The molecule has 4 heteroatoms. The van der Waals surface area contributed by atoms with Crippen LogP contribution in [0.2, 0.25) is 0 Å². The van der Waals surface area contributed by atoms with Gasteiger partial charge in [0, 0.05) is 12.1 Å². The molecule has 0 aromatic heterocycles. The van der Waals surface area contributed by atoms with Crippen LogP contribution in [0.25, 0.3) is 0 Å². The summed E-state index contributed by atoms with van der Waals surface area (Å²) >= 11 is 0. The van der Waals surface area contributed by atoms with E-state index in [2.05, 4.69) is 26.1 Å². The van der Waals surface area contributed by atoms with E-state index in [9.17, 15) is 9.18 Å². The van der Waals surface area contributed by atoms with Crippen molar-refractivity contribution < 1.29 is 9.18 Å². The van der Waals surface area contributed by atoms with Gasteiger partial charge >= 0.3 is 0 Å². The number of benzene rings is 1. The van der Waals surface area contributed by atoms with E-state index in [0.29, 0.717) is 12.5 Å². The zero-order chi connectivity index (χ0) is 15.0. The molecule has 3 N–H and O–H groups in total. The number of amides is 1. The molecule has 2 atom stereocenters. The van der Waals surface area contributed by atoms with Crippen LogP contribution in [0.3, 0.4) is 0 Å². The normalized spacial score (nSPS) is 28.4. The number of rotatable bonds is 3. The van der Waals surface area contributed by atoms with Gasteiger partial charge in [0.05, 0.1) is 5.56 Å². The highest BCUT2D eigenvalue weighted by atomic mass is 19.1. The van der Waals surface area contributed by atoms with Crippen molar-refractivity contribution in [2.75, 3.05) is 6.54 Å². The standard InChI is InChI=1S/C16H23FN2O/c1-15(2)11(8-9-16(15,3)18)10-19-14(20)12-6-4-5-7-13(12)17/h4-7,11H,8-10,18H2,1-3H3,(H,19,20)/t11-,16-/m1/s1. The number of halogens is 1. The lowest BCUT2D eigenvalue weighted by Gasteiger charge is -2.39. The summed E-state index contributed by atoms with van der Waals surface area (Å²) in [7, 11) is 0. The zero-order valence-electron chi connectivity index (χ0n) is 12.4. The summed E-state index contributed by atoms with van der Waals surface area (Å²) in [6.07, 6.45) is 1.93. The van der Waals surface area contributed by atoms with Gasteiger partial charge < -0.3 is 11.1 Å². The second-order valence-corrected chi connectivity index (χ2v) is 6.56. The van der Waals surface area contributed by atoms with E-state index < -0.39 is 5.82 Å². The van der Waals surface area contributed by atoms with E-state index in [0.717, 1.165) is 12.8 Å². The fourth-order valence-corrected chi connectivity index (χ4v) is 2.94. The van der Waals surface area contributed by atoms with Crippen LogP contribution in [-0.4, -0.2) is 18.0 Å². The molecule has 1 amide bonds. The second kappa shape index (κ2) is 5.17. The summed E-state index contributed by atoms with van der Waals surface area (Å²) in [5.41, 5.74) is 6.14. The molecule has 1 aliphatic carbocycles. The van der Waals surface area contributed by atoms with Gasteiger partial charge in [0.25, 0.3) is 5.91 Å². The molecule has 3 nitrogen and oxygen atoms in total. The minimum Gasteiger partial charge on any atom is -0.352 e. The Kier molecular flexibility index (Phi) is 3.87. The lowest BCUT2D eigenvalue weighted by molar-refractivity contribution is 0.0920. The number of carbonyl (C=O) groups excluding carboxylic acids is 1. The molecular formula is C16H23FN2O. The van der Waals surface area contributed by atoms with E-state index in [4.69, 9.17) is 5.73 Å². The summed E-state index contributed by atoms with van der Waals surface area (Å²) in [5, 5.41) is 2.84. The number of nitrogens with two attached hydrogens (primary N) is 1. The number of hydrogen-bond donors (Lipinski definition) is 2. The van der Waals surface area contributed by atoms with Crippen LogP contribution in [0.15, 0.2) is 24.3 Å². The molecule has 1 aromatic rings. The van der Waals surface area contributed by atoms with Crippen LogP contribution in [0.5, 0.6) is 0 Å². The van der Waals surface area contributed by atoms with Gasteiger partial charge in [-0.15, -0.1) is 0 Å². The van der Waals surface area contributed by atoms with Gasteiger partial charge in [-0.3, -0.25) is 4.79 Å². The first-order valence-corrected chi connectivity index (χ1v) is 7.07. The fraction of sp³-hybridized carbons (Fsp3) is 0.562. The third-order valence-corrected chi connectivity index (χ3v) is 5.13. The summed E-state index contributed by atoms with van der Waals surface area (Å²) in [6.45, 7) is 6.87. The van der Waals surface area contributed by atoms with Gasteiger partial charge in [-0.1, -0.05) is 26.0 Å². The molecule has 0 spiro atoms. The molecule has 110 valence electrons. The summed E-state index contributed by atoms with van der Waals surface area (Å²) in [5.74, 6) is -0.530. The van der Waals surface area contributed by atoms with Gasteiger partial charge in [-0.05, 0) is 43.2 Å². The van der Waals surface area contributed by atoms with Crippen LogP contribution in [0, 0.1) is 17.2 Å². The fourth-order valence-electron chi connectivity index (χ4n) is 2.94. The predicted octanol–water partition coefficient (Wildman–Crippen LogP) is 2.71. The maximum atomic E-state index is 13.5. The van der Waals surface area contributed by atoms with Gasteiger partial charge in [0.1, 0.15) is 5.82 Å². The molecule has 0 unspecified atom stereocenters. The summed E-state index contributed by atoms with van der Waals surface area (Å²) in [6, 6.07) is 6.03. The second-order valence-electron chi connectivity index (χ2n) is 6.56. The van der Waals surface area contributed by atoms with Crippen LogP contribution in [-0.2, 0) is 0 Å². The van der Waals surface area contributed by atoms with Crippen molar-refractivity contribution in [2.45, 2.75) is 39.2 Å². The van der Waals surface area contributed by atoms with Crippen LogP contribution in [0.4, 0.5) is 4.39 Å². The highest BCUT2D eigenvalue weighted by Gasteiger charge is 2.48. The Morgan fingerprint density at radius 3 is 2.60 bits per heavy atom. The van der Waals surface area contributed by atoms with Crippen molar-refractivity contribution in [3.63, 3.8) is 0 Å². The van der Waals surface area contributed by atoms with Crippen molar-refractivity contribution in [1.82, 2.24) is 5.32 Å². The smallest absolute Gasteiger partial charge is 0.254 e. The van der Waals surface area contributed by atoms with Gasteiger partial charge in [0.2, 0.25) is 0 Å². The minimum absolute atomic E-state index is 0.0461. The molecular weight excluding hydrogens is 255 g/mol. The lowest BCUT2D eigenvalue weighted by atomic mass is 9.72. The first-order valence-electron chi connectivity index (χ1n) is 7.07. The largest absolute Gasteiger partial charge is 0.352 e. The van der Waals surface area contributed by atoms with Crippen LogP contribution >= 0.6 is 0 Å². The molecule has 0 bridgehead atoms. The highest BCUT2D eigenvalue weighted by Crippen LogP contribution is 2.48. The zero-order valence-corrected chi connectivity index (χ0v) is 12.4. The summed E-state index contributed by atoms with van der Waals surface area (Å²) in [4.78, 5) is 12.0. The average molecular weight is 278 g/mol. The molecule has 20 heavy (non-hydrogen) atoms. The average Bonchev–Trinajstić information content (AvgIpc) is 2.57. The molecule has 1 saturated carbocycles. The maximum absolute atomic E-state index is 13.5. The van der Waals surface area contributed by atoms with Crippen molar-refractivity contribution in [3.8, 4) is 0 Å². The van der Waals surface area contributed by atoms with E-state index in [1.807, 2.05) is 0 Å². The Hall–Kier alpha value is -1.42. The van der Waals surface area contributed by atoms with E-state index >= 15 is 0 Å². The topological polar surface area (TPSA) is 55.1 Å². The Morgan fingerprint density at radius 2 is 2.05 bits per heavy atom. The number of hydrogen-bond acceptors (Lipinski definition) is 2. The summed E-state index contributed by atoms with van der Waals surface area (Å²) < 4.78 is 13.5. The first-order chi connectivity index (χ1) is 9.25. The molecule has 1 aromatic carbocycles. The monoisotopic (exact) mass is 278 g/mol. The molecule has 0 heterocycles. The number of nitrogens with one attached hydrogen (secondary N) is 1. The van der Waals surface area contributed by atoms with Crippen molar-refractivity contribution >= 4 is 5.91 Å². The van der Waals surface area contributed by atoms with Gasteiger partial charge in [0.15, 0.2) is 0 Å². The highest BCUT2D eigenvalue weighted by molar-refractivity contribution is 5.94. The molecule has 0 radical (unpaired) electrons. The van der Waals surface area contributed by atoms with Crippen LogP contribution < -0.4 is 11.1 Å². The van der Waals surface area contributed by atoms with Crippen molar-refractivity contribution in [3.05, 3.63) is 35.6 Å². The Bertz CT molecular complexity index is 511. The number of carbonyl (C=O) groups is 1. The van der Waals surface area contributed by atoms with Crippen LogP contribution in [0.1, 0.15) is 44.0 Å². The first kappa shape index (κ1) is 15.0. The minimum atomic E-state index is -0.487. The lowest BCUT2D eigenvalue weighted by Crippen LogP contribution is -2.49. The predicted molar refractivity (Wildman–Crippen MR) is 77.8 cm³/mol. The van der Waals surface area contributed by atoms with E-state index in [1.54, 1.807) is 12.1 Å². The maximum Gasteiger partial charge on any atom is 0.254 e. The van der Waals surface area contributed by atoms with E-state index in [1.165, 1.54) is 12.1 Å². The SMILES string of the molecule is CC1(C)[C@@H](CNC(=O)c2ccccc2F)CC[C@@]1(C)N. The van der Waals surface area contributed by atoms with Gasteiger partial charge in [-0.25, -0.2) is 4.39 Å². The van der Waals surface area contributed by atoms with Crippen molar-refractivity contribution in [2.24, 2.45) is 17.1 Å². The molecule has 2 rings (SSSR count). The third kappa shape index (κ3) is 2.57.